The Morgan fingerprint density at radius 1 is 0.450 bits per heavy atom. The fourth-order valence-corrected chi connectivity index (χ4v) is 2.69. The highest BCUT2D eigenvalue weighted by Gasteiger charge is 1.94. The van der Waals surface area contributed by atoms with Crippen LogP contribution < -0.4 is 22.7 Å². The van der Waals surface area contributed by atoms with Crippen molar-refractivity contribution in [2.24, 2.45) is 5.73 Å². The van der Waals surface area contributed by atoms with Crippen LogP contribution in [-0.2, 0) is 0 Å². The van der Waals surface area contributed by atoms with Gasteiger partial charge in [0.2, 0.25) is 0 Å². The van der Waals surface area contributed by atoms with E-state index in [4.69, 9.17) is 5.73 Å². The molecule has 0 rings (SSSR count). The number of unbranched alkanes of at least 4 members (excludes halogenated alkanes) is 15. The van der Waals surface area contributed by atoms with E-state index in [0.717, 1.165) is 6.54 Å². The molecule has 2 heteroatoms. The van der Waals surface area contributed by atoms with Gasteiger partial charge in [-0.25, -0.2) is 0 Å². The van der Waals surface area contributed by atoms with Crippen LogP contribution in [0.1, 0.15) is 110 Å². The van der Waals surface area contributed by atoms with Crippen molar-refractivity contribution < 1.29 is 17.0 Å². The van der Waals surface area contributed by atoms with Crippen LogP contribution in [0.3, 0.4) is 0 Å². The predicted octanol–water partition coefficient (Wildman–Crippen LogP) is 3.21. The zero-order valence-corrected chi connectivity index (χ0v) is 15.6. The standard InChI is InChI=1S/C18H39N.BrH/c1-2-3-4-5-6-7-8-9-10-11-12-13-14-15-16-17-18-19;/h2-19H2,1H3;1H/p-1. The topological polar surface area (TPSA) is 26.0 Å². The quantitative estimate of drug-likeness (QED) is 0.426. The van der Waals surface area contributed by atoms with Gasteiger partial charge in [-0.05, 0) is 13.0 Å². The molecule has 0 radical (unpaired) electrons. The van der Waals surface area contributed by atoms with Crippen molar-refractivity contribution in [3.8, 4) is 0 Å². The molecule has 0 aromatic carbocycles. The predicted molar refractivity (Wildman–Crippen MR) is 88.6 cm³/mol. The Balaban J connectivity index is 0. The molecule has 0 aliphatic carbocycles. The summed E-state index contributed by atoms with van der Waals surface area (Å²) in [5.41, 5.74) is 5.48. The monoisotopic (exact) mass is 348 g/mol. The fraction of sp³-hybridized carbons (Fsp3) is 1.00. The lowest BCUT2D eigenvalue weighted by Crippen LogP contribution is -3.00. The van der Waals surface area contributed by atoms with Crippen molar-refractivity contribution in [2.45, 2.75) is 110 Å². The highest BCUT2D eigenvalue weighted by atomic mass is 79.9. The highest BCUT2D eigenvalue weighted by Crippen LogP contribution is 2.13. The number of hydrogen-bond donors (Lipinski definition) is 1. The molecule has 0 amide bonds. The average molecular weight is 349 g/mol. The maximum atomic E-state index is 5.48. The normalized spacial score (nSPS) is 10.5. The summed E-state index contributed by atoms with van der Waals surface area (Å²) in [5, 5.41) is 0. The van der Waals surface area contributed by atoms with Gasteiger partial charge in [0.1, 0.15) is 0 Å². The van der Waals surface area contributed by atoms with Gasteiger partial charge >= 0.3 is 0 Å². The first kappa shape index (κ1) is 22.7. The van der Waals surface area contributed by atoms with Crippen LogP contribution in [0, 0.1) is 0 Å². The summed E-state index contributed by atoms with van der Waals surface area (Å²) >= 11 is 0. The molecule has 2 N–H and O–H groups in total. The molecule has 0 saturated heterocycles. The van der Waals surface area contributed by atoms with Crippen molar-refractivity contribution >= 4 is 0 Å². The third kappa shape index (κ3) is 20.8. The maximum Gasteiger partial charge on any atom is -0.00773 e. The van der Waals surface area contributed by atoms with Crippen molar-refractivity contribution in [3.63, 3.8) is 0 Å². The number of halogens is 1. The summed E-state index contributed by atoms with van der Waals surface area (Å²) in [6.07, 6.45) is 22.9. The molecule has 0 fully saturated rings. The van der Waals surface area contributed by atoms with Gasteiger partial charge < -0.3 is 22.7 Å². The van der Waals surface area contributed by atoms with E-state index in [1.807, 2.05) is 0 Å². The van der Waals surface area contributed by atoms with Crippen molar-refractivity contribution in [1.29, 1.82) is 0 Å². The molecule has 0 aromatic rings. The van der Waals surface area contributed by atoms with Crippen LogP contribution in [0.2, 0.25) is 0 Å². The van der Waals surface area contributed by atoms with Crippen molar-refractivity contribution in [3.05, 3.63) is 0 Å². The minimum Gasteiger partial charge on any atom is -1.00 e. The summed E-state index contributed by atoms with van der Waals surface area (Å²) in [6, 6.07) is 0. The van der Waals surface area contributed by atoms with Crippen LogP contribution in [0.15, 0.2) is 0 Å². The van der Waals surface area contributed by atoms with E-state index in [-0.39, 0.29) is 17.0 Å². The third-order valence-electron chi connectivity index (χ3n) is 4.06. The Bertz CT molecular complexity index is 134. The van der Waals surface area contributed by atoms with E-state index in [9.17, 15) is 0 Å². The smallest absolute Gasteiger partial charge is 0.00773 e. The van der Waals surface area contributed by atoms with Crippen LogP contribution in [0.25, 0.3) is 0 Å². The van der Waals surface area contributed by atoms with E-state index in [1.54, 1.807) is 0 Å². The van der Waals surface area contributed by atoms with E-state index in [2.05, 4.69) is 6.92 Å². The van der Waals surface area contributed by atoms with Gasteiger partial charge in [0, 0.05) is 0 Å². The van der Waals surface area contributed by atoms with Crippen LogP contribution in [0.5, 0.6) is 0 Å². The van der Waals surface area contributed by atoms with Crippen LogP contribution in [0.4, 0.5) is 0 Å². The van der Waals surface area contributed by atoms with Gasteiger partial charge in [-0.1, -0.05) is 103 Å². The second-order valence-electron chi connectivity index (χ2n) is 6.09. The number of nitrogens with two attached hydrogens (primary N) is 1. The lowest BCUT2D eigenvalue weighted by atomic mass is 10.0. The first-order valence-corrected chi connectivity index (χ1v) is 9.12. The lowest BCUT2D eigenvalue weighted by Gasteiger charge is -2.03. The van der Waals surface area contributed by atoms with Gasteiger partial charge in [-0.2, -0.15) is 0 Å². The summed E-state index contributed by atoms with van der Waals surface area (Å²) in [6.45, 7) is 3.16. The maximum absolute atomic E-state index is 5.48. The average Bonchev–Trinajstić information content (AvgIpc) is 2.43. The molecule has 20 heavy (non-hydrogen) atoms. The molecule has 0 aliphatic heterocycles. The Labute approximate surface area is 139 Å². The molecular weight excluding hydrogens is 310 g/mol. The molecule has 0 aliphatic rings. The Morgan fingerprint density at radius 2 is 0.700 bits per heavy atom. The molecule has 0 heterocycles. The van der Waals surface area contributed by atoms with E-state index < -0.39 is 0 Å². The van der Waals surface area contributed by atoms with Crippen LogP contribution in [-0.4, -0.2) is 6.54 Å². The number of hydrogen-bond acceptors (Lipinski definition) is 1. The molecular formula is C18H39BrN-. The van der Waals surface area contributed by atoms with Gasteiger partial charge in [0.15, 0.2) is 0 Å². The Hall–Kier alpha value is 0.440. The van der Waals surface area contributed by atoms with E-state index >= 15 is 0 Å². The third-order valence-corrected chi connectivity index (χ3v) is 4.06. The molecule has 0 spiro atoms. The zero-order valence-electron chi connectivity index (χ0n) is 14.0. The van der Waals surface area contributed by atoms with Gasteiger partial charge in [-0.15, -0.1) is 0 Å². The second-order valence-corrected chi connectivity index (χ2v) is 6.09. The molecule has 0 aromatic heterocycles. The zero-order chi connectivity index (χ0) is 14.0. The van der Waals surface area contributed by atoms with Gasteiger partial charge in [-0.3, -0.25) is 0 Å². The SMILES string of the molecule is CCCCCCCCCCCCCCCCCCN.[Br-]. The summed E-state index contributed by atoms with van der Waals surface area (Å²) < 4.78 is 0. The summed E-state index contributed by atoms with van der Waals surface area (Å²) in [7, 11) is 0. The highest BCUT2D eigenvalue weighted by molar-refractivity contribution is 4.49. The molecule has 1 nitrogen and oxygen atoms in total. The molecule has 124 valence electrons. The molecule has 0 bridgehead atoms. The minimum absolute atomic E-state index is 0. The van der Waals surface area contributed by atoms with Gasteiger partial charge in [0.05, 0.1) is 0 Å². The van der Waals surface area contributed by atoms with Crippen LogP contribution >= 0.6 is 0 Å². The van der Waals surface area contributed by atoms with E-state index in [0.29, 0.717) is 0 Å². The summed E-state index contributed by atoms with van der Waals surface area (Å²) in [5.74, 6) is 0. The second kappa shape index (κ2) is 21.7. The number of rotatable bonds is 16. The Kier molecular flexibility index (Phi) is 24.7. The first-order chi connectivity index (χ1) is 9.41. The Morgan fingerprint density at radius 3 is 0.950 bits per heavy atom. The lowest BCUT2D eigenvalue weighted by molar-refractivity contribution is -0.00000438. The van der Waals surface area contributed by atoms with E-state index in [1.165, 1.54) is 103 Å². The molecule has 0 atom stereocenters. The van der Waals surface area contributed by atoms with Crippen molar-refractivity contribution in [1.82, 2.24) is 0 Å². The van der Waals surface area contributed by atoms with Gasteiger partial charge in [0.25, 0.3) is 0 Å². The first-order valence-electron chi connectivity index (χ1n) is 9.12. The molecule has 0 saturated carbocycles. The minimum atomic E-state index is 0. The fourth-order valence-electron chi connectivity index (χ4n) is 2.69. The molecule has 0 unspecified atom stereocenters. The summed E-state index contributed by atoms with van der Waals surface area (Å²) in [4.78, 5) is 0. The largest absolute Gasteiger partial charge is 1.00 e. The van der Waals surface area contributed by atoms with Crippen molar-refractivity contribution in [2.75, 3.05) is 6.54 Å².